The summed E-state index contributed by atoms with van der Waals surface area (Å²) in [6.07, 6.45) is 4.22. The van der Waals surface area contributed by atoms with Gasteiger partial charge in [-0.1, -0.05) is 44.2 Å². The van der Waals surface area contributed by atoms with Crippen LogP contribution in [0.5, 0.6) is 0 Å². The molecule has 2 rings (SSSR count). The number of hydrogen-bond donors (Lipinski definition) is 1. The number of carbonyl (C=O) groups excluding carboxylic acids is 1. The molecular weight excluding hydrogens is 274 g/mol. The van der Waals surface area contributed by atoms with Gasteiger partial charge in [0.2, 0.25) is 0 Å². The van der Waals surface area contributed by atoms with E-state index >= 15 is 0 Å². The summed E-state index contributed by atoms with van der Waals surface area (Å²) in [7, 11) is 0. The third-order valence-electron chi connectivity index (χ3n) is 4.68. The number of aryl methyl sites for hydroxylation is 1. The number of hydrogen-bond acceptors (Lipinski definition) is 3. The van der Waals surface area contributed by atoms with Crippen LogP contribution < -0.4 is 5.32 Å². The molecule has 1 aromatic rings. The third-order valence-corrected chi connectivity index (χ3v) is 4.68. The van der Waals surface area contributed by atoms with Crippen molar-refractivity contribution in [2.45, 2.75) is 52.0 Å². The predicted molar refractivity (Wildman–Crippen MR) is 89.7 cm³/mol. The Morgan fingerprint density at radius 3 is 2.55 bits per heavy atom. The Hall–Kier alpha value is -1.35. The van der Waals surface area contributed by atoms with Gasteiger partial charge >= 0.3 is 5.97 Å². The molecule has 1 fully saturated rings. The smallest absolute Gasteiger partial charge is 0.326 e. The van der Waals surface area contributed by atoms with E-state index in [1.165, 1.54) is 18.4 Å². The zero-order valence-electron chi connectivity index (χ0n) is 14.1. The van der Waals surface area contributed by atoms with Gasteiger partial charge in [0, 0.05) is 0 Å². The summed E-state index contributed by atoms with van der Waals surface area (Å²) in [4.78, 5) is 12.7. The van der Waals surface area contributed by atoms with Gasteiger partial charge in [0.05, 0.1) is 6.61 Å². The van der Waals surface area contributed by atoms with Crippen LogP contribution in [-0.4, -0.2) is 24.7 Å². The molecule has 1 N–H and O–H groups in total. The van der Waals surface area contributed by atoms with Crippen LogP contribution in [-0.2, 0) is 16.0 Å². The van der Waals surface area contributed by atoms with Crippen molar-refractivity contribution < 1.29 is 9.53 Å². The van der Waals surface area contributed by atoms with Crippen LogP contribution >= 0.6 is 0 Å². The number of esters is 1. The largest absolute Gasteiger partial charge is 0.465 e. The van der Waals surface area contributed by atoms with Gasteiger partial charge in [-0.3, -0.25) is 4.79 Å². The first kappa shape index (κ1) is 17.0. The van der Waals surface area contributed by atoms with Crippen molar-refractivity contribution in [1.29, 1.82) is 0 Å². The Balaban J connectivity index is 2.11. The van der Waals surface area contributed by atoms with Crippen molar-refractivity contribution in [3.63, 3.8) is 0 Å². The second kappa shape index (κ2) is 7.77. The SMILES string of the molecule is CCOC(=O)C(CCc1ccccc1)(NCC1CC1)C(C)C. The van der Waals surface area contributed by atoms with E-state index in [1.807, 2.05) is 25.1 Å². The first-order chi connectivity index (χ1) is 10.6. The Bertz CT molecular complexity index is 468. The molecule has 0 spiro atoms. The maximum atomic E-state index is 12.7. The Morgan fingerprint density at radius 2 is 2.00 bits per heavy atom. The Morgan fingerprint density at radius 1 is 1.32 bits per heavy atom. The van der Waals surface area contributed by atoms with E-state index < -0.39 is 5.54 Å². The highest BCUT2D eigenvalue weighted by atomic mass is 16.5. The molecule has 1 unspecified atom stereocenters. The van der Waals surface area contributed by atoms with Crippen molar-refractivity contribution in [3.8, 4) is 0 Å². The summed E-state index contributed by atoms with van der Waals surface area (Å²) in [6, 6.07) is 10.4. The average Bonchev–Trinajstić information content (AvgIpc) is 3.33. The van der Waals surface area contributed by atoms with Crippen LogP contribution in [0.1, 0.15) is 45.6 Å². The molecule has 0 aliphatic heterocycles. The van der Waals surface area contributed by atoms with E-state index in [-0.39, 0.29) is 11.9 Å². The maximum absolute atomic E-state index is 12.7. The van der Waals surface area contributed by atoms with Crippen molar-refractivity contribution in [1.82, 2.24) is 5.32 Å². The second-order valence-corrected chi connectivity index (χ2v) is 6.66. The monoisotopic (exact) mass is 303 g/mol. The minimum atomic E-state index is -0.575. The normalized spacial score (nSPS) is 17.3. The minimum absolute atomic E-state index is 0.0958. The van der Waals surface area contributed by atoms with Crippen LogP contribution in [0.2, 0.25) is 0 Å². The number of ether oxygens (including phenoxy) is 1. The maximum Gasteiger partial charge on any atom is 0.326 e. The molecule has 0 heterocycles. The van der Waals surface area contributed by atoms with E-state index in [2.05, 4.69) is 31.3 Å². The number of benzene rings is 1. The van der Waals surface area contributed by atoms with E-state index in [9.17, 15) is 4.79 Å². The number of carbonyl (C=O) groups is 1. The fourth-order valence-electron chi connectivity index (χ4n) is 2.89. The van der Waals surface area contributed by atoms with Gasteiger partial charge in [0.25, 0.3) is 0 Å². The summed E-state index contributed by atoms with van der Waals surface area (Å²) in [5.41, 5.74) is 0.694. The molecule has 122 valence electrons. The van der Waals surface area contributed by atoms with E-state index in [0.717, 1.165) is 25.3 Å². The highest BCUT2D eigenvalue weighted by molar-refractivity contribution is 5.81. The molecule has 1 aliphatic rings. The van der Waals surface area contributed by atoms with Crippen LogP contribution in [0.3, 0.4) is 0 Å². The second-order valence-electron chi connectivity index (χ2n) is 6.66. The van der Waals surface area contributed by atoms with Gasteiger partial charge in [-0.05, 0) is 56.6 Å². The summed E-state index contributed by atoms with van der Waals surface area (Å²) in [5.74, 6) is 0.847. The van der Waals surface area contributed by atoms with Crippen LogP contribution in [0.15, 0.2) is 30.3 Å². The number of nitrogens with one attached hydrogen (secondary N) is 1. The molecular formula is C19H29NO2. The lowest BCUT2D eigenvalue weighted by Crippen LogP contribution is -2.57. The fraction of sp³-hybridized carbons (Fsp3) is 0.632. The molecule has 22 heavy (non-hydrogen) atoms. The summed E-state index contributed by atoms with van der Waals surface area (Å²) in [6.45, 7) is 7.46. The summed E-state index contributed by atoms with van der Waals surface area (Å²) < 4.78 is 5.41. The highest BCUT2D eigenvalue weighted by Gasteiger charge is 2.43. The van der Waals surface area contributed by atoms with Crippen molar-refractivity contribution in [3.05, 3.63) is 35.9 Å². The van der Waals surface area contributed by atoms with Crippen molar-refractivity contribution in [2.24, 2.45) is 11.8 Å². The zero-order valence-corrected chi connectivity index (χ0v) is 14.1. The molecule has 1 aromatic carbocycles. The molecule has 0 radical (unpaired) electrons. The van der Waals surface area contributed by atoms with E-state index in [0.29, 0.717) is 6.61 Å². The molecule has 3 nitrogen and oxygen atoms in total. The first-order valence-corrected chi connectivity index (χ1v) is 8.54. The standard InChI is InChI=1S/C19H29NO2/c1-4-22-18(21)19(15(2)3,20-14-17-10-11-17)13-12-16-8-6-5-7-9-16/h5-9,15,17,20H,4,10-14H2,1-3H3. The fourth-order valence-corrected chi connectivity index (χ4v) is 2.89. The topological polar surface area (TPSA) is 38.3 Å². The Kier molecular flexibility index (Phi) is 6.01. The first-order valence-electron chi connectivity index (χ1n) is 8.54. The quantitative estimate of drug-likeness (QED) is 0.709. The van der Waals surface area contributed by atoms with Crippen molar-refractivity contribution >= 4 is 5.97 Å². The minimum Gasteiger partial charge on any atom is -0.465 e. The van der Waals surface area contributed by atoms with Crippen LogP contribution in [0, 0.1) is 11.8 Å². The summed E-state index contributed by atoms with van der Waals surface area (Å²) in [5, 5.41) is 3.57. The van der Waals surface area contributed by atoms with Gasteiger partial charge in [0.15, 0.2) is 0 Å². The summed E-state index contributed by atoms with van der Waals surface area (Å²) >= 11 is 0. The molecule has 0 bridgehead atoms. The molecule has 3 heteroatoms. The molecule has 0 saturated heterocycles. The van der Waals surface area contributed by atoms with E-state index in [4.69, 9.17) is 4.74 Å². The zero-order chi connectivity index (χ0) is 16.0. The lowest BCUT2D eigenvalue weighted by atomic mass is 9.81. The molecule has 1 saturated carbocycles. The molecule has 1 atom stereocenters. The highest BCUT2D eigenvalue weighted by Crippen LogP contribution is 2.31. The van der Waals surface area contributed by atoms with Gasteiger partial charge in [-0.2, -0.15) is 0 Å². The molecule has 0 aromatic heterocycles. The predicted octanol–water partition coefficient (Wildman–Crippen LogP) is 3.58. The van der Waals surface area contributed by atoms with Crippen molar-refractivity contribution in [2.75, 3.05) is 13.2 Å². The lowest BCUT2D eigenvalue weighted by molar-refractivity contribution is -0.154. The third kappa shape index (κ3) is 4.33. The van der Waals surface area contributed by atoms with Gasteiger partial charge < -0.3 is 10.1 Å². The van der Waals surface area contributed by atoms with Gasteiger partial charge in [-0.15, -0.1) is 0 Å². The molecule has 1 aliphatic carbocycles. The lowest BCUT2D eigenvalue weighted by Gasteiger charge is -2.36. The van der Waals surface area contributed by atoms with Crippen LogP contribution in [0.25, 0.3) is 0 Å². The molecule has 0 amide bonds. The number of rotatable bonds is 9. The van der Waals surface area contributed by atoms with Gasteiger partial charge in [-0.25, -0.2) is 0 Å². The average molecular weight is 303 g/mol. The van der Waals surface area contributed by atoms with Crippen LogP contribution in [0.4, 0.5) is 0 Å². The van der Waals surface area contributed by atoms with E-state index in [1.54, 1.807) is 0 Å². The van der Waals surface area contributed by atoms with Gasteiger partial charge in [0.1, 0.15) is 5.54 Å². The Labute approximate surface area is 134 Å².